The fourth-order valence-corrected chi connectivity index (χ4v) is 5.49. The maximum atomic E-state index is 12.8. The van der Waals surface area contributed by atoms with Crippen LogP contribution in [0.4, 0.5) is 10.5 Å². The van der Waals surface area contributed by atoms with Crippen molar-refractivity contribution in [3.05, 3.63) is 68.6 Å². The van der Waals surface area contributed by atoms with E-state index in [9.17, 15) is 24.5 Å². The first kappa shape index (κ1) is 24.0. The summed E-state index contributed by atoms with van der Waals surface area (Å²) in [5, 5.41) is 11.2. The average Bonchev–Trinajstić information content (AvgIpc) is 3.09. The molecule has 2 aliphatic rings. The number of nitrogens with zero attached hydrogens (tertiary/aromatic N) is 3. The molecule has 0 spiro atoms. The molecule has 2 fully saturated rings. The van der Waals surface area contributed by atoms with Gasteiger partial charge >= 0.3 is 0 Å². The van der Waals surface area contributed by atoms with Gasteiger partial charge in [-0.3, -0.25) is 29.4 Å². The molecule has 2 aromatic rings. The Bertz CT molecular complexity index is 1170. The molecule has 2 aromatic carbocycles. The molecule has 0 bridgehead atoms. The molecule has 0 radical (unpaired) electrons. The highest BCUT2D eigenvalue weighted by Crippen LogP contribution is 2.37. The van der Waals surface area contributed by atoms with Crippen molar-refractivity contribution < 1.29 is 19.3 Å². The number of aryl methyl sites for hydroxylation is 1. The average molecular weight is 498 g/mol. The van der Waals surface area contributed by atoms with E-state index in [0.717, 1.165) is 46.4 Å². The largest absolute Gasteiger partial charge is 0.341 e. The number of carbonyl (C=O) groups is 3. The van der Waals surface area contributed by atoms with Crippen LogP contribution in [0.3, 0.4) is 0 Å². The monoisotopic (exact) mass is 497 g/mol. The van der Waals surface area contributed by atoms with Gasteiger partial charge in [0.1, 0.15) is 6.54 Å². The number of piperidine rings is 1. The highest BCUT2D eigenvalue weighted by Gasteiger charge is 2.37. The molecular weight excluding hydrogens is 474 g/mol. The van der Waals surface area contributed by atoms with Crippen molar-refractivity contribution in [2.45, 2.75) is 36.0 Å². The number of thioether (sulfide) groups is 1. The van der Waals surface area contributed by atoms with Crippen LogP contribution in [-0.4, -0.2) is 51.4 Å². The molecule has 34 heavy (non-hydrogen) atoms. The number of amides is 3. The maximum Gasteiger partial charge on any atom is 0.294 e. The lowest BCUT2D eigenvalue weighted by Gasteiger charge is -2.27. The summed E-state index contributed by atoms with van der Waals surface area (Å²) in [4.78, 5) is 53.1. The minimum Gasteiger partial charge on any atom is -0.341 e. The Hall–Kier alpha value is -3.11. The van der Waals surface area contributed by atoms with Crippen molar-refractivity contribution >= 4 is 52.3 Å². The van der Waals surface area contributed by atoms with E-state index < -0.39 is 16.1 Å². The smallest absolute Gasteiger partial charge is 0.294 e. The minimum absolute atomic E-state index is 0.0844. The highest BCUT2D eigenvalue weighted by molar-refractivity contribution is 8.18. The summed E-state index contributed by atoms with van der Waals surface area (Å²) < 4.78 is 0. The molecule has 2 aliphatic heterocycles. The lowest BCUT2D eigenvalue weighted by molar-refractivity contribution is -0.387. The second-order valence-corrected chi connectivity index (χ2v) is 10.2. The zero-order valence-electron chi connectivity index (χ0n) is 18.6. The van der Waals surface area contributed by atoms with Gasteiger partial charge in [-0.05, 0) is 67.8 Å². The van der Waals surface area contributed by atoms with Crippen molar-refractivity contribution in [3.8, 4) is 0 Å². The van der Waals surface area contributed by atoms with Gasteiger partial charge in [-0.1, -0.05) is 35.5 Å². The Morgan fingerprint density at radius 3 is 2.50 bits per heavy atom. The van der Waals surface area contributed by atoms with Crippen LogP contribution in [0.1, 0.15) is 30.4 Å². The Morgan fingerprint density at radius 1 is 1.12 bits per heavy atom. The van der Waals surface area contributed by atoms with Crippen molar-refractivity contribution in [2.75, 3.05) is 19.6 Å². The third kappa shape index (κ3) is 5.51. The van der Waals surface area contributed by atoms with Crippen molar-refractivity contribution in [3.63, 3.8) is 0 Å². The molecule has 0 saturated carbocycles. The lowest BCUT2D eigenvalue weighted by Crippen LogP contribution is -2.44. The fourth-order valence-electron chi connectivity index (χ4n) is 3.75. The van der Waals surface area contributed by atoms with E-state index in [-0.39, 0.29) is 23.0 Å². The topological polar surface area (TPSA) is 101 Å². The Balaban J connectivity index is 1.51. The van der Waals surface area contributed by atoms with Gasteiger partial charge in [-0.25, -0.2) is 0 Å². The number of nitro groups is 1. The summed E-state index contributed by atoms with van der Waals surface area (Å²) in [6, 6.07) is 12.4. The van der Waals surface area contributed by atoms with E-state index in [0.29, 0.717) is 23.5 Å². The van der Waals surface area contributed by atoms with Gasteiger partial charge in [0.15, 0.2) is 0 Å². The van der Waals surface area contributed by atoms with Gasteiger partial charge in [-0.15, -0.1) is 0 Å². The molecule has 0 atom stereocenters. The Labute approximate surface area is 205 Å². The zero-order valence-corrected chi connectivity index (χ0v) is 20.2. The van der Waals surface area contributed by atoms with E-state index in [1.807, 2.05) is 31.2 Å². The van der Waals surface area contributed by atoms with E-state index in [1.165, 1.54) is 23.9 Å². The van der Waals surface area contributed by atoms with Crippen LogP contribution in [0.2, 0.25) is 0 Å². The van der Waals surface area contributed by atoms with E-state index >= 15 is 0 Å². The van der Waals surface area contributed by atoms with Gasteiger partial charge in [0.2, 0.25) is 5.91 Å². The first-order valence-corrected chi connectivity index (χ1v) is 12.5. The van der Waals surface area contributed by atoms with Crippen LogP contribution >= 0.6 is 23.5 Å². The molecule has 0 N–H and O–H groups in total. The number of carbonyl (C=O) groups excluding carboxylic acids is 3. The number of hydrogen-bond donors (Lipinski definition) is 0. The quantitative estimate of drug-likeness (QED) is 0.311. The van der Waals surface area contributed by atoms with Crippen LogP contribution in [-0.2, 0) is 9.59 Å². The molecule has 8 nitrogen and oxygen atoms in total. The molecule has 3 amide bonds. The first-order chi connectivity index (χ1) is 16.3. The molecule has 2 saturated heterocycles. The van der Waals surface area contributed by atoms with E-state index in [4.69, 9.17) is 0 Å². The fraction of sp³-hybridized carbons (Fsp3) is 0.292. The summed E-state index contributed by atoms with van der Waals surface area (Å²) in [6.07, 6.45) is 4.38. The summed E-state index contributed by atoms with van der Waals surface area (Å²) in [7, 11) is 0. The Kier molecular flexibility index (Phi) is 7.38. The number of hydrogen-bond acceptors (Lipinski definition) is 7. The molecule has 0 aromatic heterocycles. The predicted molar refractivity (Wildman–Crippen MR) is 132 cm³/mol. The highest BCUT2D eigenvalue weighted by atomic mass is 32.2. The van der Waals surface area contributed by atoms with E-state index in [2.05, 4.69) is 0 Å². The SMILES string of the molecule is Cc1ccc(Sc2ccc(C=C3SC(=O)N(CC(=O)N4CCCCC4)C3=O)cc2[N+](=O)[O-])cc1. The number of benzene rings is 2. The summed E-state index contributed by atoms with van der Waals surface area (Å²) in [6.45, 7) is 2.97. The molecular formula is C24H23N3O5S2. The minimum atomic E-state index is -0.555. The van der Waals surface area contributed by atoms with Gasteiger partial charge in [0.05, 0.1) is 14.7 Å². The molecule has 0 aliphatic carbocycles. The third-order valence-corrected chi connectivity index (χ3v) is 7.58. The van der Waals surface area contributed by atoms with Crippen molar-refractivity contribution in [2.24, 2.45) is 0 Å². The number of rotatable bonds is 6. The maximum absolute atomic E-state index is 12.8. The van der Waals surface area contributed by atoms with E-state index in [1.54, 1.807) is 17.0 Å². The van der Waals surface area contributed by atoms with Crippen LogP contribution in [0.5, 0.6) is 0 Å². The predicted octanol–water partition coefficient (Wildman–Crippen LogP) is 5.10. The first-order valence-electron chi connectivity index (χ1n) is 10.9. The normalized spacial score (nSPS) is 17.5. The molecule has 0 unspecified atom stereocenters. The standard InChI is InChI=1S/C24H23N3O5S2/c1-16-5-8-18(9-6-16)33-20-10-7-17(13-19(20)27(31)32)14-21-23(29)26(24(30)34-21)15-22(28)25-11-3-2-4-12-25/h5-10,13-14H,2-4,11-12,15H2,1H3. The molecule has 2 heterocycles. The molecule has 10 heteroatoms. The summed E-state index contributed by atoms with van der Waals surface area (Å²) >= 11 is 2.03. The van der Waals surface area contributed by atoms with Crippen LogP contribution in [0.25, 0.3) is 6.08 Å². The summed E-state index contributed by atoms with van der Waals surface area (Å²) in [5.74, 6) is -0.794. The van der Waals surface area contributed by atoms with Gasteiger partial charge in [-0.2, -0.15) is 0 Å². The number of imide groups is 1. The summed E-state index contributed by atoms with van der Waals surface area (Å²) in [5.41, 5.74) is 1.45. The van der Waals surface area contributed by atoms with Crippen LogP contribution < -0.4 is 0 Å². The second kappa shape index (κ2) is 10.4. The van der Waals surface area contributed by atoms with Crippen LogP contribution in [0, 0.1) is 17.0 Å². The number of likely N-dealkylation sites (tertiary alicyclic amines) is 1. The van der Waals surface area contributed by atoms with Gasteiger partial charge < -0.3 is 4.90 Å². The lowest BCUT2D eigenvalue weighted by atomic mass is 10.1. The molecule has 4 rings (SSSR count). The number of nitro benzene ring substituents is 1. The Morgan fingerprint density at radius 2 is 1.82 bits per heavy atom. The third-order valence-electron chi connectivity index (χ3n) is 5.60. The molecule has 176 valence electrons. The van der Waals surface area contributed by atoms with Gasteiger partial charge in [0, 0.05) is 24.1 Å². The van der Waals surface area contributed by atoms with Crippen LogP contribution in [0.15, 0.2) is 57.2 Å². The van der Waals surface area contributed by atoms with Gasteiger partial charge in [0.25, 0.3) is 16.8 Å². The zero-order chi connectivity index (χ0) is 24.2. The van der Waals surface area contributed by atoms with Crippen molar-refractivity contribution in [1.82, 2.24) is 9.80 Å². The second-order valence-electron chi connectivity index (χ2n) is 8.11. The van der Waals surface area contributed by atoms with Crippen molar-refractivity contribution in [1.29, 1.82) is 0 Å².